The summed E-state index contributed by atoms with van der Waals surface area (Å²) < 4.78 is 0. The van der Waals surface area contributed by atoms with Gasteiger partial charge in [0.15, 0.2) is 0 Å². The zero-order chi connectivity index (χ0) is 36.9. The maximum Gasteiger partial charge on any atom is 0.120 e. The van der Waals surface area contributed by atoms with Gasteiger partial charge in [-0.25, -0.2) is 0 Å². The van der Waals surface area contributed by atoms with Crippen molar-refractivity contribution in [2.24, 2.45) is 0 Å². The Morgan fingerprint density at radius 2 is 0.370 bits per heavy atom. The number of aromatic hydroxyl groups is 4. The summed E-state index contributed by atoms with van der Waals surface area (Å²) in [6.45, 7) is 0. The van der Waals surface area contributed by atoms with Gasteiger partial charge in [-0.2, -0.15) is 0 Å². The molecule has 0 fully saturated rings. The molecule has 0 heterocycles. The molecule has 0 radical (unpaired) electrons. The molecule has 0 spiro atoms. The molecule has 54 heavy (non-hydrogen) atoms. The molecule has 0 amide bonds. The normalized spacial score (nSPS) is 13.8. The summed E-state index contributed by atoms with van der Waals surface area (Å²) >= 11 is 0. The van der Waals surface area contributed by atoms with Crippen molar-refractivity contribution in [2.45, 2.75) is 10.8 Å². The Kier molecular flexibility index (Phi) is 7.83. The zero-order valence-corrected chi connectivity index (χ0v) is 29.3. The van der Waals surface area contributed by atoms with Crippen molar-refractivity contribution in [1.29, 1.82) is 0 Å². The largest absolute Gasteiger partial charge is 0.508 e. The topological polar surface area (TPSA) is 80.9 Å². The Morgan fingerprint density at radius 3 is 0.574 bits per heavy atom. The Hall–Kier alpha value is -7.04. The molecular formula is C50H36O4. The van der Waals surface area contributed by atoms with Crippen LogP contribution in [0, 0.1) is 0 Å². The van der Waals surface area contributed by atoms with Gasteiger partial charge in [-0.05, 0) is 68.8 Å². The van der Waals surface area contributed by atoms with E-state index in [1.54, 1.807) is 24.3 Å². The highest BCUT2D eigenvalue weighted by Gasteiger charge is 2.49. The van der Waals surface area contributed by atoms with Crippen molar-refractivity contribution in [3.8, 4) is 45.3 Å². The summed E-state index contributed by atoms with van der Waals surface area (Å²) in [4.78, 5) is 0. The predicted molar refractivity (Wildman–Crippen MR) is 214 cm³/mol. The van der Waals surface area contributed by atoms with Crippen LogP contribution >= 0.6 is 0 Å². The number of phenols is 4. The molecule has 0 aliphatic heterocycles. The minimum absolute atomic E-state index is 0.215. The number of rotatable bonds is 4. The number of hydrogen-bond donors (Lipinski definition) is 4. The second-order valence-electron chi connectivity index (χ2n) is 13.8. The summed E-state index contributed by atoms with van der Waals surface area (Å²) in [6, 6.07) is 62.6. The number of benzene rings is 8. The van der Waals surface area contributed by atoms with Gasteiger partial charge in [-0.15, -0.1) is 0 Å². The highest BCUT2D eigenvalue weighted by molar-refractivity contribution is 5.89. The minimum atomic E-state index is -0.774. The van der Waals surface area contributed by atoms with Gasteiger partial charge >= 0.3 is 0 Å². The van der Waals surface area contributed by atoms with Crippen LogP contribution in [0.4, 0.5) is 0 Å². The number of phenolic OH excluding ortho intramolecular Hbond substituents is 4. The van der Waals surface area contributed by atoms with Crippen LogP contribution in [0.25, 0.3) is 22.3 Å². The monoisotopic (exact) mass is 700 g/mol. The van der Waals surface area contributed by atoms with Gasteiger partial charge < -0.3 is 20.4 Å². The molecule has 2 aliphatic rings. The molecule has 260 valence electrons. The standard InChI is InChI=1S/2C25H18O2/c2*26-23-15-7-5-13-21(23)25(22-14-6-8-16-24(22)27)19-11-3-1-9-17(19)18-10-2-4-12-20(18)25/h2*1-16,26-27H. The van der Waals surface area contributed by atoms with Gasteiger partial charge in [-0.3, -0.25) is 0 Å². The van der Waals surface area contributed by atoms with Crippen molar-refractivity contribution < 1.29 is 20.4 Å². The summed E-state index contributed by atoms with van der Waals surface area (Å²) in [7, 11) is 0. The average Bonchev–Trinajstić information content (AvgIpc) is 3.68. The lowest BCUT2D eigenvalue weighted by Crippen LogP contribution is -2.28. The van der Waals surface area contributed by atoms with E-state index in [1.165, 1.54) is 0 Å². The van der Waals surface area contributed by atoms with Crippen molar-refractivity contribution in [3.05, 3.63) is 239 Å². The number of para-hydroxylation sites is 4. The maximum atomic E-state index is 10.9. The first-order valence-corrected chi connectivity index (χ1v) is 18.0. The maximum absolute atomic E-state index is 10.9. The van der Waals surface area contributed by atoms with Crippen LogP contribution in [0.1, 0.15) is 44.5 Å². The van der Waals surface area contributed by atoms with Crippen molar-refractivity contribution in [1.82, 2.24) is 0 Å². The van der Waals surface area contributed by atoms with E-state index >= 15 is 0 Å². The molecule has 0 saturated carbocycles. The Morgan fingerprint density at radius 1 is 0.204 bits per heavy atom. The lowest BCUT2D eigenvalue weighted by Gasteiger charge is -2.34. The van der Waals surface area contributed by atoms with Crippen LogP contribution in [-0.2, 0) is 10.8 Å². The lowest BCUT2D eigenvalue weighted by molar-refractivity contribution is 0.447. The SMILES string of the molecule is Oc1ccccc1C1(c2ccccc2O)c2ccccc2-c2ccccc21.Oc1ccccc1C1(c2ccccc2O)c2ccccc2-c2ccccc21. The van der Waals surface area contributed by atoms with E-state index in [2.05, 4.69) is 48.5 Å². The van der Waals surface area contributed by atoms with Gasteiger partial charge in [0.1, 0.15) is 23.0 Å². The highest BCUT2D eigenvalue weighted by atomic mass is 16.3. The summed E-state index contributed by atoms with van der Waals surface area (Å²) in [5.74, 6) is 0.860. The van der Waals surface area contributed by atoms with Crippen LogP contribution < -0.4 is 0 Å². The van der Waals surface area contributed by atoms with E-state index in [4.69, 9.17) is 0 Å². The highest BCUT2D eigenvalue weighted by Crippen LogP contribution is 2.60. The Balaban J connectivity index is 0.000000142. The van der Waals surface area contributed by atoms with Crippen molar-refractivity contribution >= 4 is 0 Å². The molecular weight excluding hydrogens is 665 g/mol. The second-order valence-corrected chi connectivity index (χ2v) is 13.8. The van der Waals surface area contributed by atoms with Crippen LogP contribution in [-0.4, -0.2) is 20.4 Å². The number of hydrogen-bond acceptors (Lipinski definition) is 4. The Bertz CT molecular complexity index is 2320. The first-order chi connectivity index (χ1) is 26.5. The second kappa shape index (κ2) is 12.9. The van der Waals surface area contributed by atoms with E-state index < -0.39 is 10.8 Å². The van der Waals surface area contributed by atoms with Crippen LogP contribution in [0.3, 0.4) is 0 Å². The Labute approximate surface area is 314 Å². The third-order valence-corrected chi connectivity index (χ3v) is 11.1. The van der Waals surface area contributed by atoms with Crippen LogP contribution in [0.2, 0.25) is 0 Å². The molecule has 0 saturated heterocycles. The molecule has 0 bridgehead atoms. The van der Waals surface area contributed by atoms with E-state index in [1.807, 2.05) is 121 Å². The molecule has 0 unspecified atom stereocenters. The van der Waals surface area contributed by atoms with Gasteiger partial charge in [-0.1, -0.05) is 170 Å². The van der Waals surface area contributed by atoms with Gasteiger partial charge in [0, 0.05) is 22.3 Å². The molecule has 4 nitrogen and oxygen atoms in total. The fourth-order valence-electron chi connectivity index (χ4n) is 9.08. The fraction of sp³-hybridized carbons (Fsp3) is 0.0400. The van der Waals surface area contributed by atoms with E-state index in [0.29, 0.717) is 0 Å². The predicted octanol–water partition coefficient (Wildman–Crippen LogP) is 10.9. The molecule has 8 aromatic rings. The summed E-state index contributed by atoms with van der Waals surface area (Å²) in [5, 5.41) is 43.4. The summed E-state index contributed by atoms with van der Waals surface area (Å²) in [6.07, 6.45) is 0. The van der Waals surface area contributed by atoms with Gasteiger partial charge in [0.05, 0.1) is 10.8 Å². The smallest absolute Gasteiger partial charge is 0.120 e. The minimum Gasteiger partial charge on any atom is -0.508 e. The molecule has 4 heteroatoms. The molecule has 4 N–H and O–H groups in total. The third-order valence-electron chi connectivity index (χ3n) is 11.1. The number of fused-ring (bicyclic) bond motifs is 6. The molecule has 10 rings (SSSR count). The van der Waals surface area contributed by atoms with E-state index in [9.17, 15) is 20.4 Å². The molecule has 2 aliphatic carbocycles. The summed E-state index contributed by atoms with van der Waals surface area (Å²) in [5.41, 5.74) is 10.3. The molecule has 0 atom stereocenters. The van der Waals surface area contributed by atoms with Crippen LogP contribution in [0.15, 0.2) is 194 Å². The van der Waals surface area contributed by atoms with E-state index in [0.717, 1.165) is 66.8 Å². The van der Waals surface area contributed by atoms with Gasteiger partial charge in [0.25, 0.3) is 0 Å². The average molecular weight is 701 g/mol. The quantitative estimate of drug-likeness (QED) is 0.147. The third kappa shape index (κ3) is 4.63. The molecule has 8 aromatic carbocycles. The van der Waals surface area contributed by atoms with E-state index in [-0.39, 0.29) is 23.0 Å². The van der Waals surface area contributed by atoms with Crippen LogP contribution in [0.5, 0.6) is 23.0 Å². The lowest BCUT2D eigenvalue weighted by atomic mass is 9.67. The van der Waals surface area contributed by atoms with Crippen molar-refractivity contribution in [3.63, 3.8) is 0 Å². The fourth-order valence-corrected chi connectivity index (χ4v) is 9.08. The zero-order valence-electron chi connectivity index (χ0n) is 29.3. The molecule has 0 aromatic heterocycles. The first-order valence-electron chi connectivity index (χ1n) is 18.0. The van der Waals surface area contributed by atoms with Crippen molar-refractivity contribution in [2.75, 3.05) is 0 Å². The van der Waals surface area contributed by atoms with Gasteiger partial charge in [0.2, 0.25) is 0 Å². The first kappa shape index (κ1) is 32.8.